The van der Waals surface area contributed by atoms with Crippen LogP contribution in [0.25, 0.3) is 11.3 Å². The lowest BCUT2D eigenvalue weighted by Gasteiger charge is -2.22. The molecule has 1 saturated heterocycles. The van der Waals surface area contributed by atoms with Crippen molar-refractivity contribution in [3.8, 4) is 11.3 Å². The maximum absolute atomic E-state index is 12.2. The number of carbonyl (C=O) groups excluding carboxylic acids is 1. The van der Waals surface area contributed by atoms with E-state index in [1.165, 1.54) is 0 Å². The number of ether oxygens (including phenoxy) is 1. The Morgan fingerprint density at radius 1 is 1.20 bits per heavy atom. The molecule has 1 aliphatic rings. The fourth-order valence-electron chi connectivity index (χ4n) is 3.60. The number of aromatic nitrogens is 3. The van der Waals surface area contributed by atoms with E-state index >= 15 is 0 Å². The number of β-amino-alcohol motifs (C(OH)–C–C–N with tert-alkyl or cyclic N) is 1. The second-order valence-corrected chi connectivity index (χ2v) is 7.47. The second kappa shape index (κ2) is 9.06. The minimum atomic E-state index is -0.739. The van der Waals surface area contributed by atoms with Gasteiger partial charge in [0.1, 0.15) is 17.9 Å². The zero-order valence-corrected chi connectivity index (χ0v) is 16.7. The number of aliphatic hydroxyl groups excluding tert-OH is 1. The zero-order chi connectivity index (χ0) is 20.9. The number of aliphatic hydroxyl groups is 1. The van der Waals surface area contributed by atoms with Gasteiger partial charge in [-0.25, -0.2) is 4.79 Å². The minimum absolute atomic E-state index is 0.162. The van der Waals surface area contributed by atoms with Gasteiger partial charge in [0, 0.05) is 25.7 Å². The lowest BCUT2D eigenvalue weighted by Crippen LogP contribution is -2.41. The van der Waals surface area contributed by atoms with Gasteiger partial charge < -0.3 is 20.5 Å². The molecule has 1 aliphatic heterocycles. The van der Waals surface area contributed by atoms with Gasteiger partial charge in [0.2, 0.25) is 0 Å². The van der Waals surface area contributed by atoms with Crippen molar-refractivity contribution in [2.75, 3.05) is 6.54 Å². The Morgan fingerprint density at radius 3 is 2.67 bits per heavy atom. The van der Waals surface area contributed by atoms with Crippen LogP contribution in [0.3, 0.4) is 0 Å². The highest BCUT2D eigenvalue weighted by molar-refractivity contribution is 5.67. The predicted molar refractivity (Wildman–Crippen MR) is 111 cm³/mol. The first-order chi connectivity index (χ1) is 14.6. The van der Waals surface area contributed by atoms with Gasteiger partial charge in [-0.05, 0) is 17.5 Å². The van der Waals surface area contributed by atoms with Gasteiger partial charge in [-0.1, -0.05) is 59.8 Å². The molecule has 0 radical (unpaired) electrons. The molecule has 0 bridgehead atoms. The number of rotatable bonds is 6. The number of benzene rings is 2. The molecule has 156 valence electrons. The van der Waals surface area contributed by atoms with E-state index in [1.807, 2.05) is 67.8 Å². The second-order valence-electron chi connectivity index (χ2n) is 7.47. The summed E-state index contributed by atoms with van der Waals surface area (Å²) >= 11 is 0. The molecule has 2 heterocycles. The first-order valence-electron chi connectivity index (χ1n) is 9.94. The Hall–Kier alpha value is -3.23. The number of aryl methyl sites for hydroxylation is 1. The molecule has 3 aromatic rings. The largest absolute Gasteiger partial charge is 0.442 e. The van der Waals surface area contributed by atoms with Crippen LogP contribution in [0.15, 0.2) is 60.8 Å². The highest BCUT2D eigenvalue weighted by atomic mass is 16.6. The van der Waals surface area contributed by atoms with Crippen LogP contribution in [-0.4, -0.2) is 51.0 Å². The summed E-state index contributed by atoms with van der Waals surface area (Å²) in [7, 11) is 1.83. The molecule has 0 unspecified atom stereocenters. The summed E-state index contributed by atoms with van der Waals surface area (Å²) in [5.41, 5.74) is 3.86. The zero-order valence-electron chi connectivity index (χ0n) is 16.7. The third-order valence-electron chi connectivity index (χ3n) is 5.20. The van der Waals surface area contributed by atoms with E-state index < -0.39 is 18.3 Å². The van der Waals surface area contributed by atoms with Crippen LogP contribution in [0, 0.1) is 0 Å². The lowest BCUT2D eigenvalue weighted by atomic mass is 10.00. The highest BCUT2D eigenvalue weighted by Crippen LogP contribution is 2.20. The van der Waals surface area contributed by atoms with Gasteiger partial charge in [-0.2, -0.15) is 0 Å². The number of alkyl carbamates (subject to hydrolysis) is 1. The van der Waals surface area contributed by atoms with Crippen LogP contribution in [0.4, 0.5) is 4.79 Å². The third-order valence-corrected chi connectivity index (χ3v) is 5.20. The van der Waals surface area contributed by atoms with E-state index in [1.54, 1.807) is 4.68 Å². The molecule has 4 rings (SSSR count). The molecule has 1 aromatic heterocycles. The maximum Gasteiger partial charge on any atom is 0.407 e. The summed E-state index contributed by atoms with van der Waals surface area (Å²) in [6.45, 7) is 0.767. The number of carbonyl (C=O) groups is 1. The van der Waals surface area contributed by atoms with Crippen molar-refractivity contribution in [2.24, 2.45) is 7.05 Å². The molecule has 30 heavy (non-hydrogen) atoms. The average molecular weight is 407 g/mol. The van der Waals surface area contributed by atoms with Crippen molar-refractivity contribution >= 4 is 6.09 Å². The Kier molecular flexibility index (Phi) is 6.06. The molecule has 8 nitrogen and oxygen atoms in total. The molecule has 0 saturated carbocycles. The summed E-state index contributed by atoms with van der Waals surface area (Å²) in [6.07, 6.45) is 0.613. The van der Waals surface area contributed by atoms with Crippen LogP contribution >= 0.6 is 0 Å². The van der Waals surface area contributed by atoms with Gasteiger partial charge in [-0.3, -0.25) is 4.68 Å². The van der Waals surface area contributed by atoms with E-state index in [2.05, 4.69) is 20.9 Å². The lowest BCUT2D eigenvalue weighted by molar-refractivity contribution is 0.0188. The summed E-state index contributed by atoms with van der Waals surface area (Å²) in [6, 6.07) is 17.5. The van der Waals surface area contributed by atoms with Crippen molar-refractivity contribution in [3.63, 3.8) is 0 Å². The molecule has 0 spiro atoms. The molecular formula is C22H25N5O3. The van der Waals surface area contributed by atoms with Crippen LogP contribution in [0.5, 0.6) is 0 Å². The molecular weight excluding hydrogens is 382 g/mol. The quantitative estimate of drug-likeness (QED) is 0.574. The van der Waals surface area contributed by atoms with Crippen molar-refractivity contribution in [1.29, 1.82) is 0 Å². The molecule has 3 atom stereocenters. The number of hydrogen-bond acceptors (Lipinski definition) is 6. The highest BCUT2D eigenvalue weighted by Gasteiger charge is 2.37. The van der Waals surface area contributed by atoms with Gasteiger partial charge in [0.05, 0.1) is 12.2 Å². The third kappa shape index (κ3) is 4.84. The topological polar surface area (TPSA) is 101 Å². The Balaban J connectivity index is 1.34. The van der Waals surface area contributed by atoms with Crippen molar-refractivity contribution in [3.05, 3.63) is 71.9 Å². The molecule has 8 heteroatoms. The number of nitrogens with one attached hydrogen (secondary N) is 2. The molecule has 0 aliphatic carbocycles. The number of amides is 1. The fraction of sp³-hybridized carbons (Fsp3) is 0.318. The standard InChI is InChI=1S/C22H25N5O3/c1-27-14-19(25-26-27)17-9-7-15(8-10-17)11-18-21(20(28)13-23-18)30-22(29)24-12-16-5-3-2-4-6-16/h2-10,14,18,20-21,23,28H,11-13H2,1H3,(H,24,29)/t18-,20+,21+/m1/s1. The maximum atomic E-state index is 12.2. The van der Waals surface area contributed by atoms with Gasteiger partial charge in [0.15, 0.2) is 0 Å². The summed E-state index contributed by atoms with van der Waals surface area (Å²) in [5.74, 6) is 0. The first kappa shape index (κ1) is 20.1. The molecule has 1 amide bonds. The Morgan fingerprint density at radius 2 is 1.97 bits per heavy atom. The van der Waals surface area contributed by atoms with Crippen LogP contribution in [-0.2, 0) is 24.8 Å². The van der Waals surface area contributed by atoms with Crippen LogP contribution in [0.2, 0.25) is 0 Å². The smallest absolute Gasteiger partial charge is 0.407 e. The molecule has 1 fully saturated rings. The Labute approximate surface area is 174 Å². The van der Waals surface area contributed by atoms with Crippen molar-refractivity contribution in [2.45, 2.75) is 31.2 Å². The van der Waals surface area contributed by atoms with E-state index in [0.717, 1.165) is 22.4 Å². The SMILES string of the molecule is Cn1cc(-c2ccc(C[C@H]3NC[C@H](O)[C@H]3OC(=O)NCc3ccccc3)cc2)nn1. The normalized spacial score (nSPS) is 20.8. The number of nitrogens with zero attached hydrogens (tertiary/aromatic N) is 3. The van der Waals surface area contributed by atoms with Gasteiger partial charge in [-0.15, -0.1) is 5.10 Å². The summed E-state index contributed by atoms with van der Waals surface area (Å²) < 4.78 is 7.21. The van der Waals surface area contributed by atoms with Crippen molar-refractivity contribution < 1.29 is 14.6 Å². The van der Waals surface area contributed by atoms with Gasteiger partial charge >= 0.3 is 6.09 Å². The number of hydrogen-bond donors (Lipinski definition) is 3. The monoisotopic (exact) mass is 407 g/mol. The van der Waals surface area contributed by atoms with Crippen molar-refractivity contribution in [1.82, 2.24) is 25.6 Å². The minimum Gasteiger partial charge on any atom is -0.442 e. The predicted octanol–water partition coefficient (Wildman–Crippen LogP) is 1.65. The van der Waals surface area contributed by atoms with E-state index in [0.29, 0.717) is 19.5 Å². The Bertz CT molecular complexity index is 974. The van der Waals surface area contributed by atoms with E-state index in [9.17, 15) is 9.90 Å². The summed E-state index contributed by atoms with van der Waals surface area (Å²) in [5, 5.41) is 24.3. The summed E-state index contributed by atoms with van der Waals surface area (Å²) in [4.78, 5) is 12.2. The fourth-order valence-corrected chi connectivity index (χ4v) is 3.60. The van der Waals surface area contributed by atoms with E-state index in [4.69, 9.17) is 4.74 Å². The van der Waals surface area contributed by atoms with Gasteiger partial charge in [0.25, 0.3) is 0 Å². The van der Waals surface area contributed by atoms with E-state index in [-0.39, 0.29) is 6.04 Å². The first-order valence-corrected chi connectivity index (χ1v) is 9.94. The average Bonchev–Trinajstić information content (AvgIpc) is 3.34. The molecule has 3 N–H and O–H groups in total. The van der Waals surface area contributed by atoms with Crippen LogP contribution in [0.1, 0.15) is 11.1 Å². The molecule has 2 aromatic carbocycles. The van der Waals surface area contributed by atoms with Crippen LogP contribution < -0.4 is 10.6 Å².